The minimum Gasteiger partial charge on any atom is -0.507 e. The molecule has 2 aromatic carbocycles. The molecule has 0 bridgehead atoms. The zero-order valence-corrected chi connectivity index (χ0v) is 17.9. The molecule has 6 nitrogen and oxygen atoms in total. The molecule has 4 rings (SSSR count). The minimum absolute atomic E-state index is 0.0453. The average molecular weight is 428 g/mol. The number of fused-ring (bicyclic) bond motifs is 3. The standard InChI is InChI=1S/C23H25NO5S/c1-11(30)10-24-23(28)12-6-7-14-16(8-12)22(27)19-17(20(14)25)9-15-13(21(19)26)4-3-5-18(15)29-2/h3-5,11-12,25,27,30H,6-10H2,1-2H3,(H,24,28)/t11?,12-/m0/s1. The van der Waals surface area contributed by atoms with Crippen molar-refractivity contribution in [3.8, 4) is 17.2 Å². The Morgan fingerprint density at radius 1 is 1.23 bits per heavy atom. The fraction of sp³-hybridized carbons (Fsp3) is 0.391. The van der Waals surface area contributed by atoms with Gasteiger partial charge in [0.05, 0.1) is 12.7 Å². The van der Waals surface area contributed by atoms with Crippen LogP contribution in [0.15, 0.2) is 18.2 Å². The van der Waals surface area contributed by atoms with Crippen molar-refractivity contribution in [1.82, 2.24) is 5.32 Å². The molecule has 30 heavy (non-hydrogen) atoms. The van der Waals surface area contributed by atoms with Crippen molar-refractivity contribution in [1.29, 1.82) is 0 Å². The van der Waals surface area contributed by atoms with Gasteiger partial charge in [0, 0.05) is 52.0 Å². The van der Waals surface area contributed by atoms with Gasteiger partial charge in [-0.15, -0.1) is 0 Å². The molecule has 0 heterocycles. The summed E-state index contributed by atoms with van der Waals surface area (Å²) >= 11 is 4.28. The summed E-state index contributed by atoms with van der Waals surface area (Å²) in [6.07, 6.45) is 1.62. The fourth-order valence-electron chi connectivity index (χ4n) is 4.53. The molecule has 0 aromatic heterocycles. The van der Waals surface area contributed by atoms with Gasteiger partial charge in [0.1, 0.15) is 17.2 Å². The molecule has 3 N–H and O–H groups in total. The van der Waals surface area contributed by atoms with E-state index in [2.05, 4.69) is 17.9 Å². The van der Waals surface area contributed by atoms with Gasteiger partial charge in [-0.3, -0.25) is 9.59 Å². The van der Waals surface area contributed by atoms with Gasteiger partial charge in [-0.1, -0.05) is 19.1 Å². The van der Waals surface area contributed by atoms with Crippen LogP contribution in [0.3, 0.4) is 0 Å². The molecule has 2 aliphatic rings. The number of ether oxygens (including phenoxy) is 1. The van der Waals surface area contributed by atoms with E-state index in [9.17, 15) is 19.8 Å². The van der Waals surface area contributed by atoms with Crippen molar-refractivity contribution in [3.05, 3.63) is 51.6 Å². The Morgan fingerprint density at radius 2 is 2.00 bits per heavy atom. The lowest BCUT2D eigenvalue weighted by Crippen LogP contribution is -2.37. The summed E-state index contributed by atoms with van der Waals surface area (Å²) in [5.41, 5.74) is 2.86. The third kappa shape index (κ3) is 3.31. The summed E-state index contributed by atoms with van der Waals surface area (Å²) in [5, 5.41) is 25.0. The number of benzene rings is 2. The van der Waals surface area contributed by atoms with Gasteiger partial charge in [0.25, 0.3) is 0 Å². The van der Waals surface area contributed by atoms with Crippen LogP contribution in [0.2, 0.25) is 0 Å². The van der Waals surface area contributed by atoms with E-state index >= 15 is 0 Å². The number of carbonyl (C=O) groups excluding carboxylic acids is 2. The van der Waals surface area contributed by atoms with E-state index in [1.807, 2.05) is 6.92 Å². The second-order valence-corrected chi connectivity index (χ2v) is 8.92. The van der Waals surface area contributed by atoms with Crippen molar-refractivity contribution in [2.24, 2.45) is 5.92 Å². The quantitative estimate of drug-likeness (QED) is 0.379. The molecule has 0 aliphatic heterocycles. The first-order chi connectivity index (χ1) is 14.3. The zero-order chi connectivity index (χ0) is 21.6. The number of ketones is 1. The van der Waals surface area contributed by atoms with Gasteiger partial charge in [-0.25, -0.2) is 0 Å². The second-order valence-electron chi connectivity index (χ2n) is 8.03. The first-order valence-corrected chi connectivity index (χ1v) is 10.6. The maximum atomic E-state index is 13.2. The molecule has 0 fully saturated rings. The fourth-order valence-corrected chi connectivity index (χ4v) is 4.62. The number of thiol groups is 1. The Kier molecular flexibility index (Phi) is 5.40. The molecule has 0 radical (unpaired) electrons. The van der Waals surface area contributed by atoms with Crippen LogP contribution in [-0.4, -0.2) is 40.8 Å². The average Bonchev–Trinajstić information content (AvgIpc) is 2.74. The molecule has 2 atom stereocenters. The van der Waals surface area contributed by atoms with Gasteiger partial charge in [0.15, 0.2) is 5.78 Å². The van der Waals surface area contributed by atoms with Gasteiger partial charge in [-0.05, 0) is 25.3 Å². The molecule has 7 heteroatoms. The number of carbonyl (C=O) groups is 2. The SMILES string of the molecule is COc1cccc2c1Cc1c(O)c3c(c(O)c1C2=O)C[C@@H](C(=O)NCC(C)S)CC3. The van der Waals surface area contributed by atoms with Gasteiger partial charge < -0.3 is 20.3 Å². The molecule has 0 saturated heterocycles. The van der Waals surface area contributed by atoms with Crippen molar-refractivity contribution < 1.29 is 24.5 Å². The normalized spacial score (nSPS) is 18.1. The molecule has 1 unspecified atom stereocenters. The van der Waals surface area contributed by atoms with Crippen molar-refractivity contribution in [3.63, 3.8) is 0 Å². The van der Waals surface area contributed by atoms with Gasteiger partial charge >= 0.3 is 0 Å². The van der Waals surface area contributed by atoms with Crippen LogP contribution >= 0.6 is 12.6 Å². The number of phenols is 2. The third-order valence-electron chi connectivity index (χ3n) is 6.07. The lowest BCUT2D eigenvalue weighted by atomic mass is 9.76. The van der Waals surface area contributed by atoms with Gasteiger partial charge in [-0.2, -0.15) is 12.6 Å². The summed E-state index contributed by atoms with van der Waals surface area (Å²) < 4.78 is 5.39. The van der Waals surface area contributed by atoms with Crippen molar-refractivity contribution in [2.75, 3.05) is 13.7 Å². The molecule has 2 aliphatic carbocycles. The summed E-state index contributed by atoms with van der Waals surface area (Å²) in [6, 6.07) is 5.22. The van der Waals surface area contributed by atoms with E-state index in [-0.39, 0.29) is 46.3 Å². The van der Waals surface area contributed by atoms with Crippen LogP contribution in [0.25, 0.3) is 0 Å². The molecule has 0 saturated carbocycles. The van der Waals surface area contributed by atoms with Crippen LogP contribution in [0.1, 0.15) is 51.5 Å². The third-order valence-corrected chi connectivity index (χ3v) is 6.26. The van der Waals surface area contributed by atoms with E-state index in [0.29, 0.717) is 59.4 Å². The van der Waals surface area contributed by atoms with E-state index < -0.39 is 0 Å². The number of amides is 1. The topological polar surface area (TPSA) is 95.9 Å². The summed E-state index contributed by atoms with van der Waals surface area (Å²) in [4.78, 5) is 25.7. The van der Waals surface area contributed by atoms with Crippen LogP contribution in [0.4, 0.5) is 0 Å². The second kappa shape index (κ2) is 7.87. The predicted octanol–water partition coefficient (Wildman–Crippen LogP) is 2.78. The Labute approximate surface area is 180 Å². The highest BCUT2D eigenvalue weighted by Crippen LogP contribution is 2.47. The smallest absolute Gasteiger partial charge is 0.223 e. The largest absolute Gasteiger partial charge is 0.507 e. The highest BCUT2D eigenvalue weighted by atomic mass is 32.1. The summed E-state index contributed by atoms with van der Waals surface area (Å²) in [7, 11) is 1.54. The number of hydrogen-bond donors (Lipinski definition) is 4. The Hall–Kier alpha value is -2.67. The number of aromatic hydroxyl groups is 2. The van der Waals surface area contributed by atoms with Gasteiger partial charge in [0.2, 0.25) is 5.91 Å². The maximum Gasteiger partial charge on any atom is 0.223 e. The lowest BCUT2D eigenvalue weighted by molar-refractivity contribution is -0.125. The Balaban J connectivity index is 1.74. The number of hydrogen-bond acceptors (Lipinski definition) is 6. The van der Waals surface area contributed by atoms with E-state index in [1.165, 1.54) is 0 Å². The predicted molar refractivity (Wildman–Crippen MR) is 116 cm³/mol. The van der Waals surface area contributed by atoms with Crippen LogP contribution in [0, 0.1) is 5.92 Å². The molecule has 158 valence electrons. The van der Waals surface area contributed by atoms with Crippen LogP contribution < -0.4 is 10.1 Å². The maximum absolute atomic E-state index is 13.2. The number of nitrogens with one attached hydrogen (secondary N) is 1. The molecular formula is C23H25NO5S. The van der Waals surface area contributed by atoms with E-state index in [4.69, 9.17) is 4.74 Å². The summed E-state index contributed by atoms with van der Waals surface area (Å²) in [5.74, 6) is -0.241. The van der Waals surface area contributed by atoms with Crippen molar-refractivity contribution >= 4 is 24.3 Å². The Morgan fingerprint density at radius 3 is 2.70 bits per heavy atom. The van der Waals surface area contributed by atoms with Crippen LogP contribution in [-0.2, 0) is 24.1 Å². The van der Waals surface area contributed by atoms with Crippen molar-refractivity contribution in [2.45, 2.75) is 37.9 Å². The lowest BCUT2D eigenvalue weighted by Gasteiger charge is -2.30. The molecule has 0 spiro atoms. The number of phenolic OH excluding ortho intramolecular Hbond substituents is 2. The monoisotopic (exact) mass is 427 g/mol. The highest BCUT2D eigenvalue weighted by Gasteiger charge is 2.37. The first kappa shape index (κ1) is 20.6. The van der Waals surface area contributed by atoms with E-state index in [1.54, 1.807) is 25.3 Å². The molecule has 1 amide bonds. The molecule has 2 aromatic rings. The summed E-state index contributed by atoms with van der Waals surface area (Å²) in [6.45, 7) is 2.36. The highest BCUT2D eigenvalue weighted by molar-refractivity contribution is 7.80. The number of rotatable bonds is 4. The minimum atomic E-state index is -0.337. The number of methoxy groups -OCH3 is 1. The van der Waals surface area contributed by atoms with Crippen LogP contribution in [0.5, 0.6) is 17.2 Å². The Bertz CT molecular complexity index is 1050. The zero-order valence-electron chi connectivity index (χ0n) is 17.0. The first-order valence-electron chi connectivity index (χ1n) is 10.1. The molecular weight excluding hydrogens is 402 g/mol. The van der Waals surface area contributed by atoms with E-state index in [0.717, 1.165) is 0 Å².